The number of aryl methyl sites for hydroxylation is 1. The Hall–Kier alpha value is -2.10. The predicted molar refractivity (Wildman–Crippen MR) is 60.9 cm³/mol. The maximum absolute atomic E-state index is 13.3. The highest BCUT2D eigenvalue weighted by atomic mass is 19.1. The lowest BCUT2D eigenvalue weighted by Crippen LogP contribution is -2.10. The van der Waals surface area contributed by atoms with Crippen LogP contribution in [0, 0.1) is 5.82 Å². The Morgan fingerprint density at radius 1 is 1.29 bits per heavy atom. The number of benzene rings is 1. The molecule has 0 atom stereocenters. The molecule has 0 amide bonds. The molecule has 3 nitrogen and oxygen atoms in total. The fraction of sp³-hybridized carbons (Fsp3) is 0.154. The van der Waals surface area contributed by atoms with Gasteiger partial charge in [0.25, 0.3) is 0 Å². The van der Waals surface area contributed by atoms with Gasteiger partial charge in [-0.25, -0.2) is 9.18 Å². The van der Waals surface area contributed by atoms with Gasteiger partial charge >= 0.3 is 5.97 Å². The lowest BCUT2D eigenvalue weighted by atomic mass is 10.2. The van der Waals surface area contributed by atoms with Crippen LogP contribution >= 0.6 is 0 Å². The van der Waals surface area contributed by atoms with Crippen LogP contribution in [-0.2, 0) is 18.4 Å². The first kappa shape index (κ1) is 11.4. The van der Waals surface area contributed by atoms with E-state index in [9.17, 15) is 9.18 Å². The summed E-state index contributed by atoms with van der Waals surface area (Å²) in [6.45, 7) is -0.0588. The fourth-order valence-electron chi connectivity index (χ4n) is 1.51. The number of esters is 1. The Bertz CT molecular complexity index is 534. The van der Waals surface area contributed by atoms with E-state index in [4.69, 9.17) is 4.74 Å². The molecule has 17 heavy (non-hydrogen) atoms. The van der Waals surface area contributed by atoms with Crippen LogP contribution in [0.25, 0.3) is 0 Å². The second kappa shape index (κ2) is 4.82. The van der Waals surface area contributed by atoms with Crippen molar-refractivity contribution in [3.05, 3.63) is 59.7 Å². The van der Waals surface area contributed by atoms with Gasteiger partial charge < -0.3 is 9.30 Å². The van der Waals surface area contributed by atoms with Crippen LogP contribution in [-0.4, -0.2) is 10.5 Å². The third-order valence-corrected chi connectivity index (χ3v) is 2.47. The van der Waals surface area contributed by atoms with Crippen molar-refractivity contribution in [3.8, 4) is 0 Å². The van der Waals surface area contributed by atoms with Crippen LogP contribution in [0.4, 0.5) is 4.39 Å². The zero-order valence-corrected chi connectivity index (χ0v) is 9.39. The minimum atomic E-state index is -0.458. The Morgan fingerprint density at radius 2 is 2.06 bits per heavy atom. The molecule has 0 bridgehead atoms. The molecular weight excluding hydrogens is 221 g/mol. The summed E-state index contributed by atoms with van der Waals surface area (Å²) < 4.78 is 20.0. The van der Waals surface area contributed by atoms with Crippen LogP contribution in [0.15, 0.2) is 42.6 Å². The first-order valence-corrected chi connectivity index (χ1v) is 5.20. The first-order valence-electron chi connectivity index (χ1n) is 5.20. The summed E-state index contributed by atoms with van der Waals surface area (Å²) in [5, 5.41) is 0. The van der Waals surface area contributed by atoms with E-state index in [1.54, 1.807) is 48.1 Å². The standard InChI is InChI=1S/C13H12FNO2/c1-15-8-4-7-12(15)13(16)17-9-10-5-2-3-6-11(10)14/h2-8H,9H2,1H3. The number of nitrogens with zero attached hydrogens (tertiary/aromatic N) is 1. The minimum absolute atomic E-state index is 0.0588. The molecule has 0 unspecified atom stereocenters. The van der Waals surface area contributed by atoms with Gasteiger partial charge in [-0.1, -0.05) is 18.2 Å². The molecule has 0 saturated heterocycles. The lowest BCUT2D eigenvalue weighted by molar-refractivity contribution is 0.0458. The molecule has 0 radical (unpaired) electrons. The Labute approximate surface area is 98.4 Å². The van der Waals surface area contributed by atoms with Crippen molar-refractivity contribution in [1.82, 2.24) is 4.57 Å². The number of aromatic nitrogens is 1. The summed E-state index contributed by atoms with van der Waals surface area (Å²) in [6, 6.07) is 9.63. The number of carbonyl (C=O) groups excluding carboxylic acids is 1. The third kappa shape index (κ3) is 2.53. The quantitative estimate of drug-likeness (QED) is 0.763. The second-order valence-corrected chi connectivity index (χ2v) is 3.67. The zero-order chi connectivity index (χ0) is 12.3. The molecule has 0 spiro atoms. The molecule has 2 rings (SSSR count). The first-order chi connectivity index (χ1) is 8.18. The van der Waals surface area contributed by atoms with E-state index in [1.807, 2.05) is 0 Å². The molecule has 0 aliphatic rings. The molecule has 0 fully saturated rings. The molecule has 2 aromatic rings. The maximum Gasteiger partial charge on any atom is 0.355 e. The summed E-state index contributed by atoms with van der Waals surface area (Å²) in [4.78, 5) is 11.6. The van der Waals surface area contributed by atoms with Gasteiger partial charge in [0.1, 0.15) is 18.1 Å². The van der Waals surface area contributed by atoms with Gasteiger partial charge in [-0.2, -0.15) is 0 Å². The molecular formula is C13H12FNO2. The fourth-order valence-corrected chi connectivity index (χ4v) is 1.51. The van der Waals surface area contributed by atoms with E-state index in [2.05, 4.69) is 0 Å². The number of rotatable bonds is 3. The van der Waals surface area contributed by atoms with Crippen molar-refractivity contribution >= 4 is 5.97 Å². The summed E-state index contributed by atoms with van der Waals surface area (Å²) in [5.41, 5.74) is 0.816. The molecule has 1 heterocycles. The van der Waals surface area contributed by atoms with Gasteiger partial charge in [-0.15, -0.1) is 0 Å². The second-order valence-electron chi connectivity index (χ2n) is 3.67. The van der Waals surface area contributed by atoms with Crippen molar-refractivity contribution in [3.63, 3.8) is 0 Å². The van der Waals surface area contributed by atoms with Gasteiger partial charge in [0.2, 0.25) is 0 Å². The topological polar surface area (TPSA) is 31.2 Å². The van der Waals surface area contributed by atoms with E-state index in [0.29, 0.717) is 11.3 Å². The van der Waals surface area contributed by atoms with Crippen molar-refractivity contribution in [1.29, 1.82) is 0 Å². The van der Waals surface area contributed by atoms with Crippen LogP contribution in [0.2, 0.25) is 0 Å². The Balaban J connectivity index is 2.02. The van der Waals surface area contributed by atoms with Crippen LogP contribution in [0.3, 0.4) is 0 Å². The Morgan fingerprint density at radius 3 is 2.71 bits per heavy atom. The van der Waals surface area contributed by atoms with E-state index in [0.717, 1.165) is 0 Å². The number of ether oxygens (including phenoxy) is 1. The van der Waals surface area contributed by atoms with Gasteiger partial charge in [0.05, 0.1) is 0 Å². The largest absolute Gasteiger partial charge is 0.456 e. The van der Waals surface area contributed by atoms with Crippen molar-refractivity contribution in [2.45, 2.75) is 6.61 Å². The van der Waals surface area contributed by atoms with Gasteiger partial charge in [-0.3, -0.25) is 0 Å². The third-order valence-electron chi connectivity index (χ3n) is 2.47. The smallest absolute Gasteiger partial charge is 0.355 e. The van der Waals surface area contributed by atoms with Crippen molar-refractivity contribution in [2.75, 3.05) is 0 Å². The maximum atomic E-state index is 13.3. The zero-order valence-electron chi connectivity index (χ0n) is 9.39. The van der Waals surface area contributed by atoms with E-state index in [1.165, 1.54) is 6.07 Å². The Kier molecular flexibility index (Phi) is 3.23. The summed E-state index contributed by atoms with van der Waals surface area (Å²) in [7, 11) is 1.75. The normalized spacial score (nSPS) is 10.2. The average Bonchev–Trinajstić information content (AvgIpc) is 2.74. The van der Waals surface area contributed by atoms with Crippen LogP contribution < -0.4 is 0 Å². The monoisotopic (exact) mass is 233 g/mol. The van der Waals surface area contributed by atoms with Gasteiger partial charge in [0, 0.05) is 18.8 Å². The number of hydrogen-bond acceptors (Lipinski definition) is 2. The van der Waals surface area contributed by atoms with Crippen molar-refractivity contribution in [2.24, 2.45) is 7.05 Å². The molecule has 1 aromatic heterocycles. The minimum Gasteiger partial charge on any atom is -0.456 e. The number of hydrogen-bond donors (Lipinski definition) is 0. The average molecular weight is 233 g/mol. The highest BCUT2D eigenvalue weighted by molar-refractivity contribution is 5.87. The highest BCUT2D eigenvalue weighted by Crippen LogP contribution is 2.09. The SMILES string of the molecule is Cn1cccc1C(=O)OCc1ccccc1F. The van der Waals surface area contributed by atoms with E-state index < -0.39 is 5.97 Å². The van der Waals surface area contributed by atoms with Crippen molar-refractivity contribution < 1.29 is 13.9 Å². The van der Waals surface area contributed by atoms with E-state index >= 15 is 0 Å². The summed E-state index contributed by atoms with van der Waals surface area (Å²) in [5.74, 6) is -0.826. The van der Waals surface area contributed by atoms with Crippen LogP contribution in [0.1, 0.15) is 16.1 Å². The summed E-state index contributed by atoms with van der Waals surface area (Å²) >= 11 is 0. The van der Waals surface area contributed by atoms with E-state index in [-0.39, 0.29) is 12.4 Å². The van der Waals surface area contributed by atoms with Gasteiger partial charge in [0.15, 0.2) is 0 Å². The van der Waals surface area contributed by atoms with Gasteiger partial charge in [-0.05, 0) is 18.2 Å². The molecule has 0 saturated carbocycles. The molecule has 4 heteroatoms. The number of carbonyl (C=O) groups is 1. The molecule has 0 aliphatic heterocycles. The molecule has 0 aliphatic carbocycles. The summed E-state index contributed by atoms with van der Waals surface area (Å²) in [6.07, 6.45) is 1.75. The lowest BCUT2D eigenvalue weighted by Gasteiger charge is -2.06. The molecule has 88 valence electrons. The highest BCUT2D eigenvalue weighted by Gasteiger charge is 2.11. The van der Waals surface area contributed by atoms with Crippen LogP contribution in [0.5, 0.6) is 0 Å². The number of halogens is 1. The molecule has 1 aromatic carbocycles. The predicted octanol–water partition coefficient (Wildman–Crippen LogP) is 2.52. The molecule has 0 N–H and O–H groups in total.